The van der Waals surface area contributed by atoms with Crippen molar-refractivity contribution >= 4 is 31.9 Å². The molecule has 0 saturated heterocycles. The summed E-state index contributed by atoms with van der Waals surface area (Å²) in [7, 11) is -3.72. The van der Waals surface area contributed by atoms with E-state index in [4.69, 9.17) is 5.14 Å². The Morgan fingerprint density at radius 3 is 2.29 bits per heavy atom. The van der Waals surface area contributed by atoms with E-state index in [9.17, 15) is 13.2 Å². The smallest absolute Gasteiger partial charge is 0.251 e. The van der Waals surface area contributed by atoms with Gasteiger partial charge < -0.3 is 5.32 Å². The van der Waals surface area contributed by atoms with Crippen LogP contribution in [-0.4, -0.2) is 20.9 Å². The van der Waals surface area contributed by atoms with Gasteiger partial charge in [-0.2, -0.15) is 0 Å². The molecule has 5 nitrogen and oxygen atoms in total. The van der Waals surface area contributed by atoms with Crippen molar-refractivity contribution in [3.05, 3.63) is 40.9 Å². The molecule has 92 valence electrons. The van der Waals surface area contributed by atoms with Crippen molar-refractivity contribution < 1.29 is 13.2 Å². The van der Waals surface area contributed by atoms with E-state index in [1.54, 1.807) is 0 Å². The second-order valence-corrected chi connectivity index (χ2v) is 5.95. The molecular weight excluding hydrogens is 308 g/mol. The van der Waals surface area contributed by atoms with Gasteiger partial charge in [-0.25, -0.2) is 13.6 Å². The molecule has 0 bridgehead atoms. The fourth-order valence-electron chi connectivity index (χ4n) is 1.07. The SMILES string of the molecule is C=C(Br)CNC(=O)c1ccc(S(N)(=O)=O)cc1. The molecule has 1 aromatic rings. The van der Waals surface area contributed by atoms with Gasteiger partial charge in [-0.1, -0.05) is 22.5 Å². The maximum atomic E-state index is 11.6. The number of amides is 1. The lowest BCUT2D eigenvalue weighted by Crippen LogP contribution is -2.24. The average Bonchev–Trinajstić information content (AvgIpc) is 2.25. The minimum absolute atomic E-state index is 0.0287. The van der Waals surface area contributed by atoms with E-state index in [-0.39, 0.29) is 10.8 Å². The lowest BCUT2D eigenvalue weighted by Gasteiger charge is -2.04. The zero-order valence-electron chi connectivity index (χ0n) is 8.81. The first-order valence-electron chi connectivity index (χ1n) is 4.55. The summed E-state index contributed by atoms with van der Waals surface area (Å²) >= 11 is 3.11. The molecule has 1 amide bonds. The number of carbonyl (C=O) groups excluding carboxylic acids is 1. The van der Waals surface area contributed by atoms with E-state index in [0.29, 0.717) is 16.6 Å². The topological polar surface area (TPSA) is 89.3 Å². The van der Waals surface area contributed by atoms with Crippen molar-refractivity contribution in [3.8, 4) is 0 Å². The minimum Gasteiger partial charge on any atom is -0.347 e. The van der Waals surface area contributed by atoms with Crippen LogP contribution in [0.15, 0.2) is 40.2 Å². The summed E-state index contributed by atoms with van der Waals surface area (Å²) in [4.78, 5) is 11.5. The maximum Gasteiger partial charge on any atom is 0.251 e. The minimum atomic E-state index is -3.72. The lowest BCUT2D eigenvalue weighted by atomic mass is 10.2. The van der Waals surface area contributed by atoms with Crippen molar-refractivity contribution in [2.45, 2.75) is 4.90 Å². The molecule has 0 aliphatic rings. The summed E-state index contributed by atoms with van der Waals surface area (Å²) in [6, 6.07) is 5.36. The zero-order valence-corrected chi connectivity index (χ0v) is 11.2. The van der Waals surface area contributed by atoms with E-state index in [1.807, 2.05) is 0 Å². The highest BCUT2D eigenvalue weighted by Gasteiger charge is 2.09. The summed E-state index contributed by atoms with van der Waals surface area (Å²) in [5, 5.41) is 7.53. The summed E-state index contributed by atoms with van der Waals surface area (Å²) < 4.78 is 22.6. The molecule has 0 heterocycles. The Hall–Kier alpha value is -1.18. The molecule has 0 radical (unpaired) electrons. The van der Waals surface area contributed by atoms with Gasteiger partial charge in [0.2, 0.25) is 10.0 Å². The fraction of sp³-hybridized carbons (Fsp3) is 0.100. The number of nitrogens with one attached hydrogen (secondary N) is 1. The van der Waals surface area contributed by atoms with Gasteiger partial charge in [0.15, 0.2) is 0 Å². The number of halogens is 1. The summed E-state index contributed by atoms with van der Waals surface area (Å²) in [6.07, 6.45) is 0. The van der Waals surface area contributed by atoms with Crippen LogP contribution in [0.2, 0.25) is 0 Å². The highest BCUT2D eigenvalue weighted by Crippen LogP contribution is 2.08. The number of carbonyl (C=O) groups is 1. The Balaban J connectivity index is 2.81. The molecule has 0 atom stereocenters. The number of primary sulfonamides is 1. The predicted octanol–water partition coefficient (Wildman–Crippen LogP) is 0.972. The van der Waals surface area contributed by atoms with Crippen molar-refractivity contribution in [3.63, 3.8) is 0 Å². The first-order chi connectivity index (χ1) is 7.80. The van der Waals surface area contributed by atoms with Gasteiger partial charge in [0.05, 0.1) is 4.90 Å². The number of rotatable bonds is 4. The molecule has 1 rings (SSSR count). The molecule has 0 fully saturated rings. The van der Waals surface area contributed by atoms with Crippen molar-refractivity contribution in [1.29, 1.82) is 0 Å². The lowest BCUT2D eigenvalue weighted by molar-refractivity contribution is 0.0957. The molecular formula is C10H11BrN2O3S. The quantitative estimate of drug-likeness (QED) is 0.867. The molecule has 3 N–H and O–H groups in total. The van der Waals surface area contributed by atoms with Crippen molar-refractivity contribution in [2.24, 2.45) is 5.14 Å². The van der Waals surface area contributed by atoms with E-state index in [2.05, 4.69) is 27.8 Å². The van der Waals surface area contributed by atoms with Gasteiger partial charge >= 0.3 is 0 Å². The van der Waals surface area contributed by atoms with Gasteiger partial charge in [-0.3, -0.25) is 4.79 Å². The van der Waals surface area contributed by atoms with Crippen LogP contribution in [0.5, 0.6) is 0 Å². The second kappa shape index (κ2) is 5.44. The Labute approximate surface area is 108 Å². The van der Waals surface area contributed by atoms with Crippen molar-refractivity contribution in [1.82, 2.24) is 5.32 Å². The largest absolute Gasteiger partial charge is 0.347 e. The molecule has 0 aliphatic heterocycles. The third-order valence-corrected chi connectivity index (χ3v) is 3.10. The highest BCUT2D eigenvalue weighted by molar-refractivity contribution is 9.11. The summed E-state index contributed by atoms with van der Waals surface area (Å²) in [5.74, 6) is -0.313. The van der Waals surface area contributed by atoms with Crippen LogP contribution in [0.1, 0.15) is 10.4 Å². The average molecular weight is 319 g/mol. The zero-order chi connectivity index (χ0) is 13.1. The Morgan fingerprint density at radius 2 is 1.88 bits per heavy atom. The number of hydrogen-bond donors (Lipinski definition) is 2. The normalized spacial score (nSPS) is 10.9. The van der Waals surface area contributed by atoms with Crippen LogP contribution in [0.3, 0.4) is 0 Å². The van der Waals surface area contributed by atoms with Gasteiger partial charge in [-0.15, -0.1) is 0 Å². The van der Waals surface area contributed by atoms with Crippen LogP contribution >= 0.6 is 15.9 Å². The summed E-state index contributed by atoms with van der Waals surface area (Å²) in [5.41, 5.74) is 0.353. The van der Waals surface area contributed by atoms with E-state index < -0.39 is 10.0 Å². The van der Waals surface area contributed by atoms with Crippen LogP contribution in [0.25, 0.3) is 0 Å². The number of hydrogen-bond acceptors (Lipinski definition) is 3. The Bertz CT molecular complexity index is 537. The third-order valence-electron chi connectivity index (χ3n) is 1.89. The molecule has 0 aliphatic carbocycles. The van der Waals surface area contributed by atoms with Gasteiger partial charge in [-0.05, 0) is 24.3 Å². The molecule has 7 heteroatoms. The van der Waals surface area contributed by atoms with Crippen LogP contribution in [0.4, 0.5) is 0 Å². The number of sulfonamides is 1. The van der Waals surface area contributed by atoms with Gasteiger partial charge in [0.1, 0.15) is 0 Å². The van der Waals surface area contributed by atoms with Crippen LogP contribution < -0.4 is 10.5 Å². The second-order valence-electron chi connectivity index (χ2n) is 3.27. The van der Waals surface area contributed by atoms with Gasteiger partial charge in [0, 0.05) is 16.6 Å². The number of benzene rings is 1. The molecule has 0 spiro atoms. The molecule has 0 saturated carbocycles. The molecule has 17 heavy (non-hydrogen) atoms. The first kappa shape index (κ1) is 13.9. The van der Waals surface area contributed by atoms with Crippen LogP contribution in [-0.2, 0) is 10.0 Å². The Kier molecular flexibility index (Phi) is 4.44. The Morgan fingerprint density at radius 1 is 1.35 bits per heavy atom. The molecule has 0 unspecified atom stereocenters. The van der Waals surface area contributed by atoms with Crippen molar-refractivity contribution in [2.75, 3.05) is 6.54 Å². The van der Waals surface area contributed by atoms with E-state index in [1.165, 1.54) is 24.3 Å². The molecule has 1 aromatic carbocycles. The maximum absolute atomic E-state index is 11.6. The predicted molar refractivity (Wildman–Crippen MR) is 68.2 cm³/mol. The van der Waals surface area contributed by atoms with E-state index in [0.717, 1.165) is 0 Å². The number of nitrogens with two attached hydrogens (primary N) is 1. The van der Waals surface area contributed by atoms with Crippen LogP contribution in [0, 0.1) is 0 Å². The van der Waals surface area contributed by atoms with Gasteiger partial charge in [0.25, 0.3) is 5.91 Å². The van der Waals surface area contributed by atoms with E-state index >= 15 is 0 Å². The summed E-state index contributed by atoms with van der Waals surface area (Å²) in [6.45, 7) is 3.87. The fourth-order valence-corrected chi connectivity index (χ4v) is 1.73. The third kappa shape index (κ3) is 4.29. The monoisotopic (exact) mass is 318 g/mol. The highest BCUT2D eigenvalue weighted by atomic mass is 79.9. The molecule has 0 aromatic heterocycles. The standard InChI is InChI=1S/C10H11BrN2O3S/c1-7(11)6-13-10(14)8-2-4-9(5-3-8)17(12,15)16/h2-5H,1,6H2,(H,13,14)(H2,12,15,16). The first-order valence-corrected chi connectivity index (χ1v) is 6.89.